The van der Waals surface area contributed by atoms with Gasteiger partial charge in [0.1, 0.15) is 5.75 Å². The fraction of sp³-hybridized carbons (Fsp3) is 0.200. The van der Waals surface area contributed by atoms with Gasteiger partial charge in [-0.15, -0.1) is 0 Å². The third-order valence-corrected chi connectivity index (χ3v) is 4.77. The molecule has 8 heteroatoms. The van der Waals surface area contributed by atoms with Crippen molar-refractivity contribution in [1.82, 2.24) is 0 Å². The largest absolute Gasteiger partial charge is 0.481 e. The Labute approximate surface area is 189 Å². The van der Waals surface area contributed by atoms with E-state index >= 15 is 0 Å². The molecule has 3 rings (SSSR count). The first kappa shape index (κ1) is 23.8. The number of nitrogens with one attached hydrogen (secondary N) is 2. The van der Waals surface area contributed by atoms with E-state index in [2.05, 4.69) is 10.6 Å². The number of halogens is 3. The fourth-order valence-corrected chi connectivity index (χ4v) is 3.11. The van der Waals surface area contributed by atoms with Gasteiger partial charge in [-0.2, -0.15) is 13.2 Å². The predicted octanol–water partition coefficient (Wildman–Crippen LogP) is 6.06. The molecule has 0 aliphatic carbocycles. The molecular formula is C25H23F3N2O3. The Morgan fingerprint density at radius 2 is 1.58 bits per heavy atom. The number of carbonyl (C=O) groups is 2. The third-order valence-electron chi connectivity index (χ3n) is 4.77. The second kappa shape index (κ2) is 10.2. The molecule has 1 atom stereocenters. The maximum Gasteiger partial charge on any atom is 0.416 e. The fourth-order valence-electron chi connectivity index (χ4n) is 3.11. The van der Waals surface area contributed by atoms with Gasteiger partial charge >= 0.3 is 6.18 Å². The molecule has 172 valence electrons. The first-order valence-corrected chi connectivity index (χ1v) is 10.3. The highest BCUT2D eigenvalue weighted by molar-refractivity contribution is 6.05. The number of ether oxygens (including phenoxy) is 1. The highest BCUT2D eigenvalue weighted by Gasteiger charge is 2.30. The van der Waals surface area contributed by atoms with E-state index in [0.717, 1.165) is 17.7 Å². The summed E-state index contributed by atoms with van der Waals surface area (Å²) < 4.78 is 44.5. The van der Waals surface area contributed by atoms with Gasteiger partial charge in [-0.25, -0.2) is 0 Å². The summed E-state index contributed by atoms with van der Waals surface area (Å²) in [5.74, 6) is -0.408. The van der Waals surface area contributed by atoms with Crippen molar-refractivity contribution in [2.24, 2.45) is 0 Å². The Morgan fingerprint density at radius 1 is 0.909 bits per heavy atom. The molecule has 2 N–H and O–H groups in total. The van der Waals surface area contributed by atoms with Gasteiger partial charge in [-0.3, -0.25) is 9.59 Å². The lowest BCUT2D eigenvalue weighted by Gasteiger charge is -2.18. The highest BCUT2D eigenvalue weighted by Crippen LogP contribution is 2.30. The number of aryl methyl sites for hydroxylation is 1. The summed E-state index contributed by atoms with van der Waals surface area (Å²) >= 11 is 0. The van der Waals surface area contributed by atoms with Crippen LogP contribution in [0.4, 0.5) is 24.5 Å². The number of carbonyl (C=O) groups excluding carboxylic acids is 2. The van der Waals surface area contributed by atoms with E-state index in [1.54, 1.807) is 18.2 Å². The molecule has 0 saturated carbocycles. The summed E-state index contributed by atoms with van der Waals surface area (Å²) in [6.07, 6.45) is -4.83. The van der Waals surface area contributed by atoms with Crippen molar-refractivity contribution in [1.29, 1.82) is 0 Å². The van der Waals surface area contributed by atoms with Gasteiger partial charge in [0.05, 0.1) is 5.56 Å². The summed E-state index contributed by atoms with van der Waals surface area (Å²) in [5, 5.41) is 5.17. The van der Waals surface area contributed by atoms with Crippen LogP contribution in [0.5, 0.6) is 5.75 Å². The van der Waals surface area contributed by atoms with Crippen LogP contribution in [0, 0.1) is 6.92 Å². The highest BCUT2D eigenvalue weighted by atomic mass is 19.4. The molecule has 0 saturated heterocycles. The van der Waals surface area contributed by atoms with Crippen LogP contribution >= 0.6 is 0 Å². The SMILES string of the molecule is CCC(Oc1cccc(C)c1)C(=O)Nc1cccc(C(=O)Nc2cccc(C(F)(F)F)c2)c1. The molecule has 5 nitrogen and oxygen atoms in total. The Balaban J connectivity index is 1.68. The summed E-state index contributed by atoms with van der Waals surface area (Å²) in [6, 6.07) is 17.8. The number of benzene rings is 3. The molecule has 1 unspecified atom stereocenters. The van der Waals surface area contributed by atoms with Crippen LogP contribution in [0.2, 0.25) is 0 Å². The van der Waals surface area contributed by atoms with Crippen LogP contribution in [0.25, 0.3) is 0 Å². The monoisotopic (exact) mass is 456 g/mol. The lowest BCUT2D eigenvalue weighted by Crippen LogP contribution is -2.32. The van der Waals surface area contributed by atoms with E-state index in [1.165, 1.54) is 24.3 Å². The second-order valence-corrected chi connectivity index (χ2v) is 7.43. The summed E-state index contributed by atoms with van der Waals surface area (Å²) in [4.78, 5) is 25.2. The smallest absolute Gasteiger partial charge is 0.416 e. The van der Waals surface area contributed by atoms with Crippen molar-refractivity contribution in [2.45, 2.75) is 32.5 Å². The van der Waals surface area contributed by atoms with Crippen LogP contribution in [-0.2, 0) is 11.0 Å². The number of amides is 2. The molecule has 3 aromatic carbocycles. The molecule has 2 amide bonds. The summed E-state index contributed by atoms with van der Waals surface area (Å²) in [5.41, 5.74) is 0.700. The van der Waals surface area contributed by atoms with Crippen LogP contribution in [0.1, 0.15) is 34.8 Å². The average Bonchev–Trinajstić information content (AvgIpc) is 2.77. The average molecular weight is 456 g/mol. The molecule has 0 heterocycles. The molecule has 0 fully saturated rings. The number of hydrogen-bond donors (Lipinski definition) is 2. The molecule has 0 radical (unpaired) electrons. The quantitative estimate of drug-likeness (QED) is 0.454. The molecule has 0 aliphatic heterocycles. The molecule has 0 aliphatic rings. The van der Waals surface area contributed by atoms with Crippen molar-refractivity contribution in [2.75, 3.05) is 10.6 Å². The van der Waals surface area contributed by atoms with Gasteiger partial charge in [-0.1, -0.05) is 31.2 Å². The zero-order valence-electron chi connectivity index (χ0n) is 18.1. The molecule has 33 heavy (non-hydrogen) atoms. The Hall–Kier alpha value is -3.81. The topological polar surface area (TPSA) is 67.4 Å². The van der Waals surface area contributed by atoms with Crippen molar-refractivity contribution in [3.63, 3.8) is 0 Å². The van der Waals surface area contributed by atoms with E-state index in [-0.39, 0.29) is 17.2 Å². The zero-order valence-corrected chi connectivity index (χ0v) is 18.1. The van der Waals surface area contributed by atoms with E-state index in [4.69, 9.17) is 4.74 Å². The lowest BCUT2D eigenvalue weighted by molar-refractivity contribution is -0.137. The maximum atomic E-state index is 12.9. The van der Waals surface area contributed by atoms with Gasteiger partial charge < -0.3 is 15.4 Å². The van der Waals surface area contributed by atoms with E-state index in [1.807, 2.05) is 32.0 Å². The van der Waals surface area contributed by atoms with Crippen molar-refractivity contribution in [3.8, 4) is 5.75 Å². The third kappa shape index (κ3) is 6.58. The Bertz CT molecular complexity index is 1150. The van der Waals surface area contributed by atoms with E-state index < -0.39 is 23.8 Å². The standard InChI is InChI=1S/C25H23F3N2O3/c1-3-22(33-21-12-4-7-16(2)13-21)24(32)30-19-10-5-8-17(14-19)23(31)29-20-11-6-9-18(15-20)25(26,27)28/h4-15,22H,3H2,1-2H3,(H,29,31)(H,30,32). The van der Waals surface area contributed by atoms with Crippen molar-refractivity contribution in [3.05, 3.63) is 89.5 Å². The molecule has 3 aromatic rings. The summed E-state index contributed by atoms with van der Waals surface area (Å²) in [6.45, 7) is 3.74. The number of anilines is 2. The van der Waals surface area contributed by atoms with Gasteiger partial charge in [0.25, 0.3) is 11.8 Å². The number of rotatable bonds is 7. The predicted molar refractivity (Wildman–Crippen MR) is 120 cm³/mol. The van der Waals surface area contributed by atoms with Crippen LogP contribution in [0.3, 0.4) is 0 Å². The van der Waals surface area contributed by atoms with E-state index in [0.29, 0.717) is 17.9 Å². The van der Waals surface area contributed by atoms with Crippen molar-refractivity contribution < 1.29 is 27.5 Å². The first-order chi connectivity index (χ1) is 15.7. The number of hydrogen-bond acceptors (Lipinski definition) is 3. The molecule has 0 bridgehead atoms. The second-order valence-electron chi connectivity index (χ2n) is 7.43. The van der Waals surface area contributed by atoms with Crippen LogP contribution < -0.4 is 15.4 Å². The number of alkyl halides is 3. The first-order valence-electron chi connectivity index (χ1n) is 10.3. The molecule has 0 aromatic heterocycles. The lowest BCUT2D eigenvalue weighted by atomic mass is 10.1. The minimum atomic E-state index is -4.51. The maximum absolute atomic E-state index is 12.9. The summed E-state index contributed by atoms with van der Waals surface area (Å²) in [7, 11) is 0. The van der Waals surface area contributed by atoms with Gasteiger partial charge in [0.2, 0.25) is 0 Å². The van der Waals surface area contributed by atoms with E-state index in [9.17, 15) is 22.8 Å². The minimum absolute atomic E-state index is 0.0156. The van der Waals surface area contributed by atoms with Crippen LogP contribution in [-0.4, -0.2) is 17.9 Å². The molecular weight excluding hydrogens is 433 g/mol. The zero-order chi connectivity index (χ0) is 24.0. The normalized spacial score (nSPS) is 12.0. The van der Waals surface area contributed by atoms with Gasteiger partial charge in [-0.05, 0) is 67.4 Å². The van der Waals surface area contributed by atoms with Gasteiger partial charge in [0, 0.05) is 16.9 Å². The Kier molecular flexibility index (Phi) is 7.37. The van der Waals surface area contributed by atoms with Crippen LogP contribution in [0.15, 0.2) is 72.8 Å². The minimum Gasteiger partial charge on any atom is -0.481 e. The molecule has 0 spiro atoms. The van der Waals surface area contributed by atoms with Gasteiger partial charge in [0.15, 0.2) is 6.10 Å². The Morgan fingerprint density at radius 3 is 2.24 bits per heavy atom. The van der Waals surface area contributed by atoms with Crippen molar-refractivity contribution >= 4 is 23.2 Å².